The zero-order chi connectivity index (χ0) is 22.8. The van der Waals surface area contributed by atoms with Gasteiger partial charge in [0, 0.05) is 0 Å². The molecule has 2 heterocycles. The van der Waals surface area contributed by atoms with E-state index in [9.17, 15) is 14.7 Å². The zero-order valence-corrected chi connectivity index (χ0v) is 18.7. The van der Waals surface area contributed by atoms with E-state index in [1.165, 1.54) is 24.5 Å². The smallest absolute Gasteiger partial charge is 0.338 e. The summed E-state index contributed by atoms with van der Waals surface area (Å²) in [5.74, 6) is -0.154. The summed E-state index contributed by atoms with van der Waals surface area (Å²) < 4.78 is 12.4. The first-order valence-corrected chi connectivity index (χ1v) is 10.9. The normalized spacial score (nSPS) is 15.8. The lowest BCUT2D eigenvalue weighted by atomic mass is 9.96. The molecule has 0 fully saturated rings. The van der Waals surface area contributed by atoms with E-state index in [0.29, 0.717) is 31.9 Å². The van der Waals surface area contributed by atoms with Crippen molar-refractivity contribution in [2.45, 2.75) is 19.9 Å². The standard InChI is InChI=1S/C24H22N2O5S/c1-4-31-23(29)20-14(2)25-24-26(21(20)16-8-6-5-7-9-16)22(28)19(32-24)13-15-10-11-17(27)18(12-15)30-3/h5-13,21,27H,4H2,1-3H3/b19-13-/t21-/m0/s1. The number of methoxy groups -OCH3 is 1. The molecule has 0 unspecified atom stereocenters. The van der Waals surface area contributed by atoms with Crippen molar-refractivity contribution >= 4 is 23.4 Å². The maximum atomic E-state index is 13.5. The van der Waals surface area contributed by atoms with Crippen LogP contribution in [0.25, 0.3) is 6.08 Å². The second-order valence-corrected chi connectivity index (χ2v) is 8.15. The van der Waals surface area contributed by atoms with Gasteiger partial charge in [0.15, 0.2) is 16.3 Å². The number of ether oxygens (including phenoxy) is 2. The van der Waals surface area contributed by atoms with Crippen LogP contribution in [0.15, 0.2) is 69.6 Å². The molecular formula is C24H22N2O5S. The molecule has 164 valence electrons. The lowest BCUT2D eigenvalue weighted by Gasteiger charge is -2.24. The number of benzene rings is 2. The van der Waals surface area contributed by atoms with Gasteiger partial charge in [-0.2, -0.15) is 0 Å². The number of fused-ring (bicyclic) bond motifs is 1. The van der Waals surface area contributed by atoms with E-state index >= 15 is 0 Å². The number of hydrogen-bond donors (Lipinski definition) is 1. The Morgan fingerprint density at radius 3 is 2.69 bits per heavy atom. The van der Waals surface area contributed by atoms with Gasteiger partial charge in [0.25, 0.3) is 5.56 Å². The fraction of sp³-hybridized carbons (Fsp3) is 0.208. The van der Waals surface area contributed by atoms with Crippen LogP contribution in [-0.2, 0) is 9.53 Å². The summed E-state index contributed by atoms with van der Waals surface area (Å²) in [5, 5.41) is 9.84. The Morgan fingerprint density at radius 2 is 2.00 bits per heavy atom. The lowest BCUT2D eigenvalue weighted by molar-refractivity contribution is -0.139. The minimum Gasteiger partial charge on any atom is -0.504 e. The maximum absolute atomic E-state index is 13.5. The summed E-state index contributed by atoms with van der Waals surface area (Å²) in [6.07, 6.45) is 1.72. The molecule has 0 bridgehead atoms. The number of esters is 1. The third kappa shape index (κ3) is 3.85. The van der Waals surface area contributed by atoms with E-state index in [0.717, 1.165) is 5.56 Å². The van der Waals surface area contributed by atoms with E-state index in [1.807, 2.05) is 30.3 Å². The van der Waals surface area contributed by atoms with Gasteiger partial charge in [-0.3, -0.25) is 9.36 Å². The predicted molar refractivity (Wildman–Crippen MR) is 121 cm³/mol. The number of hydrogen-bond acceptors (Lipinski definition) is 7. The number of nitrogens with zero attached hydrogens (tertiary/aromatic N) is 2. The summed E-state index contributed by atoms with van der Waals surface area (Å²) in [7, 11) is 1.46. The SMILES string of the molecule is CCOC(=O)C1=C(C)N=c2s/c(=C\c3ccc(O)c(OC)c3)c(=O)n2[C@H]1c1ccccc1. The van der Waals surface area contributed by atoms with Crippen LogP contribution >= 0.6 is 11.3 Å². The molecule has 0 radical (unpaired) electrons. The number of thiazole rings is 1. The van der Waals surface area contributed by atoms with Crippen molar-refractivity contribution in [3.8, 4) is 11.5 Å². The van der Waals surface area contributed by atoms with Gasteiger partial charge in [-0.25, -0.2) is 9.79 Å². The molecule has 32 heavy (non-hydrogen) atoms. The van der Waals surface area contributed by atoms with E-state index in [2.05, 4.69) is 4.99 Å². The molecule has 0 aliphatic carbocycles. The van der Waals surface area contributed by atoms with Crippen molar-refractivity contribution in [2.75, 3.05) is 13.7 Å². The van der Waals surface area contributed by atoms with E-state index in [-0.39, 0.29) is 17.9 Å². The van der Waals surface area contributed by atoms with Crippen LogP contribution in [0.4, 0.5) is 0 Å². The molecular weight excluding hydrogens is 428 g/mol. The first kappa shape index (κ1) is 21.6. The third-order valence-corrected chi connectivity index (χ3v) is 6.12. The molecule has 3 aromatic rings. The second-order valence-electron chi connectivity index (χ2n) is 7.14. The molecule has 2 aromatic carbocycles. The van der Waals surface area contributed by atoms with Crippen molar-refractivity contribution in [3.05, 3.63) is 90.6 Å². The van der Waals surface area contributed by atoms with Gasteiger partial charge in [0.05, 0.1) is 35.6 Å². The Bertz CT molecular complexity index is 1390. The van der Waals surface area contributed by atoms with Gasteiger partial charge in [-0.05, 0) is 43.2 Å². The number of phenolic OH excluding ortho intramolecular Hbond substituents is 1. The van der Waals surface area contributed by atoms with E-state index in [1.54, 1.807) is 36.6 Å². The van der Waals surface area contributed by atoms with Gasteiger partial charge < -0.3 is 14.6 Å². The quantitative estimate of drug-likeness (QED) is 0.604. The molecule has 0 spiro atoms. The Balaban J connectivity index is 1.93. The minimum atomic E-state index is -0.636. The van der Waals surface area contributed by atoms with Gasteiger partial charge >= 0.3 is 5.97 Å². The van der Waals surface area contributed by atoms with Crippen molar-refractivity contribution in [3.63, 3.8) is 0 Å². The Kier molecular flexibility index (Phi) is 5.96. The highest BCUT2D eigenvalue weighted by Gasteiger charge is 2.33. The Hall–Kier alpha value is -3.65. The average molecular weight is 451 g/mol. The molecule has 1 aromatic heterocycles. The highest BCUT2D eigenvalue weighted by atomic mass is 32.1. The van der Waals surface area contributed by atoms with Crippen LogP contribution < -0.4 is 19.6 Å². The molecule has 0 saturated heterocycles. The van der Waals surface area contributed by atoms with Crippen LogP contribution in [0.2, 0.25) is 0 Å². The molecule has 1 atom stereocenters. The number of allylic oxidation sites excluding steroid dienone is 1. The summed E-state index contributed by atoms with van der Waals surface area (Å²) >= 11 is 1.24. The summed E-state index contributed by atoms with van der Waals surface area (Å²) in [4.78, 5) is 31.4. The molecule has 1 aliphatic rings. The molecule has 1 aliphatic heterocycles. The molecule has 0 amide bonds. The first-order chi connectivity index (χ1) is 15.4. The monoisotopic (exact) mass is 450 g/mol. The predicted octanol–water partition coefficient (Wildman–Crippen LogP) is 2.51. The molecule has 7 nitrogen and oxygen atoms in total. The maximum Gasteiger partial charge on any atom is 0.338 e. The summed E-state index contributed by atoms with van der Waals surface area (Å²) in [5.41, 5.74) is 2.11. The highest BCUT2D eigenvalue weighted by molar-refractivity contribution is 7.07. The van der Waals surface area contributed by atoms with Crippen LogP contribution in [0.5, 0.6) is 11.5 Å². The van der Waals surface area contributed by atoms with Crippen molar-refractivity contribution in [2.24, 2.45) is 4.99 Å². The van der Waals surface area contributed by atoms with Crippen LogP contribution in [0.3, 0.4) is 0 Å². The van der Waals surface area contributed by atoms with Crippen molar-refractivity contribution < 1.29 is 19.4 Å². The number of phenols is 1. The zero-order valence-electron chi connectivity index (χ0n) is 17.9. The minimum absolute atomic E-state index is 0.0184. The number of carbonyl (C=O) groups excluding carboxylic acids is 1. The van der Waals surface area contributed by atoms with Crippen LogP contribution in [0.1, 0.15) is 31.0 Å². The molecule has 4 rings (SSSR count). The van der Waals surface area contributed by atoms with E-state index < -0.39 is 12.0 Å². The summed E-state index contributed by atoms with van der Waals surface area (Å²) in [6.45, 7) is 3.72. The number of aromatic hydroxyl groups is 1. The van der Waals surface area contributed by atoms with E-state index in [4.69, 9.17) is 9.47 Å². The third-order valence-electron chi connectivity index (χ3n) is 5.13. The first-order valence-electron chi connectivity index (χ1n) is 10.1. The van der Waals surface area contributed by atoms with Gasteiger partial charge in [-0.1, -0.05) is 47.7 Å². The lowest BCUT2D eigenvalue weighted by Crippen LogP contribution is -2.39. The Morgan fingerprint density at radius 1 is 1.25 bits per heavy atom. The topological polar surface area (TPSA) is 90.1 Å². The van der Waals surface area contributed by atoms with Crippen LogP contribution in [0, 0.1) is 0 Å². The Labute approximate surface area is 188 Å². The second kappa shape index (κ2) is 8.84. The van der Waals surface area contributed by atoms with Crippen molar-refractivity contribution in [1.82, 2.24) is 4.57 Å². The fourth-order valence-corrected chi connectivity index (χ4v) is 4.72. The molecule has 1 N–H and O–H groups in total. The number of rotatable bonds is 5. The fourth-order valence-electron chi connectivity index (χ4n) is 3.68. The van der Waals surface area contributed by atoms with Crippen LogP contribution in [-0.4, -0.2) is 29.4 Å². The molecule has 0 saturated carbocycles. The number of carbonyl (C=O) groups is 1. The largest absolute Gasteiger partial charge is 0.504 e. The number of aromatic nitrogens is 1. The molecule has 8 heteroatoms. The van der Waals surface area contributed by atoms with Crippen molar-refractivity contribution in [1.29, 1.82) is 0 Å². The van der Waals surface area contributed by atoms with Gasteiger partial charge in [-0.15, -0.1) is 0 Å². The summed E-state index contributed by atoms with van der Waals surface area (Å²) in [6, 6.07) is 13.6. The van der Waals surface area contributed by atoms with Gasteiger partial charge in [0.2, 0.25) is 0 Å². The van der Waals surface area contributed by atoms with Gasteiger partial charge in [0.1, 0.15) is 0 Å². The highest BCUT2D eigenvalue weighted by Crippen LogP contribution is 2.30. The average Bonchev–Trinajstić information content (AvgIpc) is 3.09.